The summed E-state index contributed by atoms with van der Waals surface area (Å²) in [7, 11) is 0. The number of rotatable bonds is 3. The van der Waals surface area contributed by atoms with Crippen molar-refractivity contribution in [3.8, 4) is 0 Å². The molecular formula is C21H29N5O3. The lowest BCUT2D eigenvalue weighted by atomic mass is 9.94. The van der Waals surface area contributed by atoms with E-state index in [0.717, 1.165) is 36.3 Å². The fourth-order valence-electron chi connectivity index (χ4n) is 4.66. The first-order valence-electron chi connectivity index (χ1n) is 10.6. The molecule has 0 radical (unpaired) electrons. The van der Waals surface area contributed by atoms with Crippen molar-refractivity contribution < 1.29 is 14.4 Å². The summed E-state index contributed by atoms with van der Waals surface area (Å²) >= 11 is 0. The zero-order chi connectivity index (χ0) is 20.5. The highest BCUT2D eigenvalue weighted by atomic mass is 16.2. The molecule has 0 unspecified atom stereocenters. The monoisotopic (exact) mass is 399 g/mol. The minimum absolute atomic E-state index is 0.0859. The first-order valence-corrected chi connectivity index (χ1v) is 10.6. The lowest BCUT2D eigenvalue weighted by molar-refractivity contribution is -0.136. The van der Waals surface area contributed by atoms with E-state index in [2.05, 4.69) is 4.98 Å². The van der Waals surface area contributed by atoms with E-state index in [1.165, 1.54) is 0 Å². The van der Waals surface area contributed by atoms with Gasteiger partial charge in [0.2, 0.25) is 17.7 Å². The van der Waals surface area contributed by atoms with Gasteiger partial charge in [-0.05, 0) is 19.8 Å². The number of hydrogen-bond acceptors (Lipinski definition) is 5. The smallest absolute Gasteiger partial charge is 0.227 e. The molecule has 3 aliphatic rings. The molecule has 1 aromatic heterocycles. The summed E-state index contributed by atoms with van der Waals surface area (Å²) in [6.07, 6.45) is 4.68. The van der Waals surface area contributed by atoms with Crippen molar-refractivity contribution >= 4 is 17.7 Å². The van der Waals surface area contributed by atoms with Gasteiger partial charge in [-0.2, -0.15) is 0 Å². The number of nitrogens with zero attached hydrogens (tertiary/aromatic N) is 5. The van der Waals surface area contributed by atoms with E-state index in [1.54, 1.807) is 11.8 Å². The molecule has 8 heteroatoms. The largest absolute Gasteiger partial charge is 0.342 e. The molecule has 156 valence electrons. The molecule has 4 heterocycles. The van der Waals surface area contributed by atoms with Crippen LogP contribution in [0.1, 0.15) is 56.1 Å². The van der Waals surface area contributed by atoms with Gasteiger partial charge in [-0.3, -0.25) is 14.4 Å². The van der Waals surface area contributed by atoms with Gasteiger partial charge >= 0.3 is 0 Å². The molecule has 2 saturated heterocycles. The Kier molecular flexibility index (Phi) is 5.52. The Morgan fingerprint density at radius 3 is 2.59 bits per heavy atom. The normalized spacial score (nSPS) is 22.8. The number of aromatic nitrogens is 2. The van der Waals surface area contributed by atoms with Gasteiger partial charge in [0.25, 0.3) is 0 Å². The highest BCUT2D eigenvalue weighted by Crippen LogP contribution is 2.29. The average molecular weight is 399 g/mol. The van der Waals surface area contributed by atoms with Crippen molar-refractivity contribution in [3.63, 3.8) is 0 Å². The summed E-state index contributed by atoms with van der Waals surface area (Å²) in [6.45, 7) is 7.46. The van der Waals surface area contributed by atoms with Crippen molar-refractivity contribution in [2.75, 3.05) is 32.7 Å². The number of carbonyl (C=O) groups excluding carboxylic acids is 3. The zero-order valence-corrected chi connectivity index (χ0v) is 17.3. The van der Waals surface area contributed by atoms with Crippen LogP contribution in [0, 0.1) is 5.92 Å². The molecule has 3 aliphatic heterocycles. The first-order chi connectivity index (χ1) is 14.0. The molecule has 3 amide bonds. The molecule has 0 bridgehead atoms. The van der Waals surface area contributed by atoms with E-state index in [0.29, 0.717) is 45.7 Å². The molecular weight excluding hydrogens is 370 g/mol. The van der Waals surface area contributed by atoms with Gasteiger partial charge < -0.3 is 14.7 Å². The Morgan fingerprint density at radius 2 is 1.93 bits per heavy atom. The third-order valence-electron chi connectivity index (χ3n) is 6.52. The number of likely N-dealkylation sites (tertiary alicyclic amines) is 2. The van der Waals surface area contributed by atoms with Crippen LogP contribution in [0.3, 0.4) is 0 Å². The minimum atomic E-state index is -0.191. The SMILES string of the molecule is CCN1C[C@H](C(=O)N2CCC(c3ncc4c(n3)CCN(C(C)=O)C4)CC2)CC1=O. The molecule has 0 aliphatic carbocycles. The Hall–Kier alpha value is -2.51. The Labute approximate surface area is 171 Å². The molecule has 1 aromatic rings. The summed E-state index contributed by atoms with van der Waals surface area (Å²) in [6, 6.07) is 0. The average Bonchev–Trinajstić information content (AvgIpc) is 3.13. The minimum Gasteiger partial charge on any atom is -0.342 e. The summed E-state index contributed by atoms with van der Waals surface area (Å²) in [5.41, 5.74) is 2.09. The van der Waals surface area contributed by atoms with E-state index in [1.807, 2.05) is 22.9 Å². The fourth-order valence-corrected chi connectivity index (χ4v) is 4.66. The molecule has 2 fully saturated rings. The number of carbonyl (C=O) groups is 3. The summed E-state index contributed by atoms with van der Waals surface area (Å²) in [5.74, 6) is 1.22. The summed E-state index contributed by atoms with van der Waals surface area (Å²) in [5, 5.41) is 0. The molecule has 0 spiro atoms. The fraction of sp³-hybridized carbons (Fsp3) is 0.667. The van der Waals surface area contributed by atoms with Crippen LogP contribution in [-0.4, -0.2) is 75.1 Å². The molecule has 8 nitrogen and oxygen atoms in total. The van der Waals surface area contributed by atoms with Crippen LogP contribution in [0.5, 0.6) is 0 Å². The number of amides is 3. The van der Waals surface area contributed by atoms with Crippen LogP contribution in [0.4, 0.5) is 0 Å². The van der Waals surface area contributed by atoms with Crippen LogP contribution in [0.2, 0.25) is 0 Å². The van der Waals surface area contributed by atoms with E-state index < -0.39 is 0 Å². The van der Waals surface area contributed by atoms with Crippen molar-refractivity contribution in [1.29, 1.82) is 0 Å². The summed E-state index contributed by atoms with van der Waals surface area (Å²) < 4.78 is 0. The van der Waals surface area contributed by atoms with Crippen LogP contribution in [0.15, 0.2) is 6.20 Å². The van der Waals surface area contributed by atoms with E-state index in [9.17, 15) is 14.4 Å². The van der Waals surface area contributed by atoms with Crippen molar-refractivity contribution in [3.05, 3.63) is 23.3 Å². The third kappa shape index (κ3) is 3.97. The predicted octanol–water partition coefficient (Wildman–Crippen LogP) is 0.956. The van der Waals surface area contributed by atoms with Crippen molar-refractivity contribution in [2.24, 2.45) is 5.92 Å². The van der Waals surface area contributed by atoms with Gasteiger partial charge in [-0.25, -0.2) is 9.97 Å². The van der Waals surface area contributed by atoms with Gasteiger partial charge in [-0.15, -0.1) is 0 Å². The molecule has 0 N–H and O–H groups in total. The highest BCUT2D eigenvalue weighted by molar-refractivity contribution is 5.89. The zero-order valence-electron chi connectivity index (χ0n) is 17.3. The van der Waals surface area contributed by atoms with Crippen molar-refractivity contribution in [2.45, 2.75) is 52.0 Å². The van der Waals surface area contributed by atoms with Crippen LogP contribution in [0.25, 0.3) is 0 Å². The molecule has 0 saturated carbocycles. The predicted molar refractivity (Wildman–Crippen MR) is 106 cm³/mol. The molecule has 0 aromatic carbocycles. The van der Waals surface area contributed by atoms with Gasteiger partial charge in [-0.1, -0.05) is 0 Å². The third-order valence-corrected chi connectivity index (χ3v) is 6.52. The summed E-state index contributed by atoms with van der Waals surface area (Å²) in [4.78, 5) is 51.2. The maximum absolute atomic E-state index is 12.8. The quantitative estimate of drug-likeness (QED) is 0.756. The van der Waals surface area contributed by atoms with Crippen LogP contribution >= 0.6 is 0 Å². The maximum atomic E-state index is 12.8. The van der Waals surface area contributed by atoms with E-state index >= 15 is 0 Å². The second kappa shape index (κ2) is 8.08. The second-order valence-corrected chi connectivity index (χ2v) is 8.32. The van der Waals surface area contributed by atoms with Crippen LogP contribution in [-0.2, 0) is 27.3 Å². The lowest BCUT2D eigenvalue weighted by Crippen LogP contribution is -2.42. The molecule has 29 heavy (non-hydrogen) atoms. The number of hydrogen-bond donors (Lipinski definition) is 0. The van der Waals surface area contributed by atoms with Crippen molar-refractivity contribution in [1.82, 2.24) is 24.7 Å². The Morgan fingerprint density at radius 1 is 1.17 bits per heavy atom. The molecule has 4 rings (SSSR count). The topological polar surface area (TPSA) is 86.7 Å². The maximum Gasteiger partial charge on any atom is 0.227 e. The standard InChI is InChI=1S/C21H29N5O3/c1-3-24-12-16(10-19(24)28)21(29)25-7-4-15(5-8-25)20-22-11-17-13-26(14(2)27)9-6-18(17)23-20/h11,15-16H,3-10,12-13H2,1-2H3/t16-/m1/s1. The van der Waals surface area contributed by atoms with Gasteiger partial charge in [0.15, 0.2) is 0 Å². The molecule has 1 atom stereocenters. The lowest BCUT2D eigenvalue weighted by Gasteiger charge is -2.33. The van der Waals surface area contributed by atoms with E-state index in [4.69, 9.17) is 4.98 Å². The van der Waals surface area contributed by atoms with E-state index in [-0.39, 0.29) is 29.6 Å². The Bertz CT molecular complexity index is 819. The number of fused-ring (bicyclic) bond motifs is 1. The second-order valence-electron chi connectivity index (χ2n) is 8.32. The van der Waals surface area contributed by atoms with Gasteiger partial charge in [0.1, 0.15) is 5.82 Å². The van der Waals surface area contributed by atoms with Crippen LogP contribution < -0.4 is 0 Å². The highest BCUT2D eigenvalue weighted by Gasteiger charge is 2.37. The first kappa shape index (κ1) is 19.8. The van der Waals surface area contributed by atoms with Gasteiger partial charge in [0.05, 0.1) is 11.6 Å². The van der Waals surface area contributed by atoms with Gasteiger partial charge in [0, 0.05) is 76.7 Å². The Balaban J connectivity index is 1.35. The number of piperidine rings is 1.